The van der Waals surface area contributed by atoms with Crippen molar-refractivity contribution in [2.75, 3.05) is 25.6 Å². The Morgan fingerprint density at radius 3 is 1.92 bits per heavy atom. The highest BCUT2D eigenvalue weighted by molar-refractivity contribution is 7.61. The van der Waals surface area contributed by atoms with Crippen molar-refractivity contribution in [3.63, 3.8) is 0 Å². The molecule has 0 aromatic carbocycles. The predicted molar refractivity (Wildman–Crippen MR) is 282 cm³/mol. The van der Waals surface area contributed by atoms with E-state index in [2.05, 4.69) is 71.8 Å². The third-order valence-corrected chi connectivity index (χ3v) is 13.8. The van der Waals surface area contributed by atoms with Crippen molar-refractivity contribution in [1.82, 2.24) is 9.55 Å². The summed E-state index contributed by atoms with van der Waals surface area (Å²) in [5.74, 6) is -1.53. The second-order valence-corrected chi connectivity index (χ2v) is 20.6. The average Bonchev–Trinajstić information content (AvgIpc) is 3.63. The van der Waals surface area contributed by atoms with Gasteiger partial charge in [0, 0.05) is 19.0 Å². The summed E-state index contributed by atoms with van der Waals surface area (Å²) in [5, 5.41) is 41.5. The van der Waals surface area contributed by atoms with Gasteiger partial charge in [0.25, 0.3) is 0 Å². The number of allylic oxidation sites excluding steroid dienone is 13. The van der Waals surface area contributed by atoms with Crippen LogP contribution in [0.3, 0.4) is 0 Å². The number of anilines is 1. The maximum absolute atomic E-state index is 12.9. The number of nitrogens with two attached hydrogens (primary N) is 1. The molecule has 2 rings (SSSR count). The summed E-state index contributed by atoms with van der Waals surface area (Å²) in [5.41, 5.74) is 4.56. The molecule has 20 nitrogen and oxygen atoms in total. The van der Waals surface area contributed by atoms with E-state index in [1.165, 1.54) is 6.07 Å². The molecule has 0 aliphatic carbocycles. The van der Waals surface area contributed by atoms with Crippen LogP contribution in [-0.4, -0.2) is 108 Å². The van der Waals surface area contributed by atoms with Crippen molar-refractivity contribution in [2.24, 2.45) is 0 Å². The number of carbonyl (C=O) groups is 2. The first-order valence-electron chi connectivity index (χ1n) is 25.8. The van der Waals surface area contributed by atoms with E-state index in [1.54, 1.807) is 6.08 Å². The molecule has 418 valence electrons. The number of nitrogen functional groups attached to an aromatic ring is 1. The predicted octanol–water partition coefficient (Wildman–Crippen LogP) is 8.61. The number of rotatable bonds is 41. The Hall–Kier alpha value is -4.14. The number of esters is 2. The van der Waals surface area contributed by atoms with Crippen LogP contribution in [0.15, 0.2) is 102 Å². The van der Waals surface area contributed by atoms with Gasteiger partial charge in [-0.25, -0.2) is 13.9 Å². The van der Waals surface area contributed by atoms with Gasteiger partial charge in [0.2, 0.25) is 0 Å². The smallest absolute Gasteiger partial charge is 0.462 e. The summed E-state index contributed by atoms with van der Waals surface area (Å²) in [7, 11) is -11.0. The Morgan fingerprint density at radius 1 is 0.716 bits per heavy atom. The standard InChI is InChI=1S/C52H83N3O17P2/c1-3-5-7-9-11-12-13-14-15-16-17-18-19-20-21-22-23-27-32-36-48(59)70-42(39-67-47(58)35-31-28-24-26-30-34-44(57)43(56)33-29-25-10-8-6-4-2)40-68-73(63,64)72-74(65,66)69-41-45-49(60)50(61)51(71-45)55-38-37-46(53)54-52(55)62/h5,7,11-12,14-15,17-18,20-21,23,25,27,29,37-38,42-45,49-51,56-57,60-61H,3-4,6,8-10,13,16,19,22,24,26,28,30-36,39-41H2,1-2H3,(H,63,64)(H,65,66)(H2,53,54,62). The highest BCUT2D eigenvalue weighted by Gasteiger charge is 2.46. The second kappa shape index (κ2) is 39.3. The normalized spacial score (nSPS) is 20.4. The van der Waals surface area contributed by atoms with E-state index in [1.807, 2.05) is 30.4 Å². The lowest BCUT2D eigenvalue weighted by Crippen LogP contribution is -2.36. The lowest BCUT2D eigenvalue weighted by molar-refractivity contribution is -0.161. The van der Waals surface area contributed by atoms with Crippen LogP contribution in [0.4, 0.5) is 5.82 Å². The van der Waals surface area contributed by atoms with E-state index in [0.29, 0.717) is 38.5 Å². The van der Waals surface area contributed by atoms with Crippen molar-refractivity contribution < 1.29 is 76.5 Å². The Kier molecular flexibility index (Phi) is 35.0. The Morgan fingerprint density at radius 2 is 1.30 bits per heavy atom. The fourth-order valence-corrected chi connectivity index (χ4v) is 9.18. The van der Waals surface area contributed by atoms with Crippen molar-refractivity contribution >= 4 is 33.4 Å². The van der Waals surface area contributed by atoms with Gasteiger partial charge < -0.3 is 50.2 Å². The summed E-state index contributed by atoms with van der Waals surface area (Å²) >= 11 is 0. The highest BCUT2D eigenvalue weighted by Crippen LogP contribution is 2.60. The number of ether oxygens (including phenoxy) is 3. The van der Waals surface area contributed by atoms with E-state index in [9.17, 15) is 53.7 Å². The first-order chi connectivity index (χ1) is 35.5. The molecular weight excluding hydrogens is 1000 g/mol. The zero-order valence-corrected chi connectivity index (χ0v) is 44.9. The van der Waals surface area contributed by atoms with Gasteiger partial charge in [0.05, 0.1) is 25.4 Å². The monoisotopic (exact) mass is 1080 g/mol. The molecule has 1 aliphatic rings. The molecule has 9 atom stereocenters. The van der Waals surface area contributed by atoms with Crippen LogP contribution in [0.25, 0.3) is 0 Å². The summed E-state index contributed by atoms with van der Waals surface area (Å²) < 4.78 is 56.6. The largest absolute Gasteiger partial charge is 0.481 e. The van der Waals surface area contributed by atoms with Gasteiger partial charge in [-0.05, 0) is 83.1 Å². The van der Waals surface area contributed by atoms with Gasteiger partial charge in [0.15, 0.2) is 12.3 Å². The van der Waals surface area contributed by atoms with Gasteiger partial charge in [0.1, 0.15) is 30.7 Å². The van der Waals surface area contributed by atoms with Crippen LogP contribution in [0, 0.1) is 0 Å². The number of nitrogens with zero attached hydrogens (tertiary/aromatic N) is 2. The molecule has 8 N–H and O–H groups in total. The van der Waals surface area contributed by atoms with E-state index >= 15 is 0 Å². The molecule has 0 bridgehead atoms. The van der Waals surface area contributed by atoms with E-state index in [-0.39, 0.29) is 25.1 Å². The van der Waals surface area contributed by atoms with Crippen molar-refractivity contribution in [3.8, 4) is 0 Å². The fraction of sp³-hybridized carbons (Fsp3) is 0.615. The van der Waals surface area contributed by atoms with Gasteiger partial charge >= 0.3 is 33.3 Å². The number of aliphatic hydroxyl groups is 4. The van der Waals surface area contributed by atoms with Crippen LogP contribution in [-0.2, 0) is 46.3 Å². The molecule has 74 heavy (non-hydrogen) atoms. The molecule has 22 heteroatoms. The minimum atomic E-state index is -5.48. The van der Waals surface area contributed by atoms with Gasteiger partial charge in [-0.1, -0.05) is 137 Å². The zero-order valence-electron chi connectivity index (χ0n) is 43.1. The lowest BCUT2D eigenvalue weighted by atomic mass is 10.0. The van der Waals surface area contributed by atoms with E-state index in [0.717, 1.165) is 81.4 Å². The number of phosphoric acid groups is 2. The molecule has 0 amide bonds. The van der Waals surface area contributed by atoms with Gasteiger partial charge in [-0.3, -0.25) is 23.2 Å². The van der Waals surface area contributed by atoms with Crippen LogP contribution >= 0.6 is 15.6 Å². The summed E-state index contributed by atoms with van der Waals surface area (Å²) in [6.07, 6.45) is 34.1. The Balaban J connectivity index is 1.87. The highest BCUT2D eigenvalue weighted by atomic mass is 31.3. The summed E-state index contributed by atoms with van der Waals surface area (Å²) in [6, 6.07) is 1.23. The number of carbonyl (C=O) groups excluding carboxylic acids is 2. The first-order valence-corrected chi connectivity index (χ1v) is 28.8. The molecule has 0 spiro atoms. The number of phosphoric ester groups is 2. The average molecular weight is 1080 g/mol. The SMILES string of the molecule is CCC=CCC=CCC=CCC=CCC=CCC=CCCC(=O)OC(COC(=O)CCCCCCCC(O)C(O)CC=CCCCCC)COP(=O)(O)OP(=O)(O)OCC1OC(n2ccc(N)nc2=O)C(O)C1O. The molecule has 1 aromatic heterocycles. The maximum Gasteiger partial charge on any atom is 0.481 e. The molecule has 0 saturated carbocycles. The minimum absolute atomic E-state index is 0.00750. The molecule has 1 aliphatic heterocycles. The van der Waals surface area contributed by atoms with Gasteiger partial charge in [-0.2, -0.15) is 9.29 Å². The van der Waals surface area contributed by atoms with Crippen LogP contribution in [0.5, 0.6) is 0 Å². The van der Waals surface area contributed by atoms with E-state index < -0.39 is 95.9 Å². The van der Waals surface area contributed by atoms with Crippen LogP contribution in [0.1, 0.15) is 148 Å². The second-order valence-electron chi connectivity index (χ2n) is 17.6. The quantitative estimate of drug-likeness (QED) is 0.0140. The van der Waals surface area contributed by atoms with Crippen LogP contribution < -0.4 is 11.4 Å². The first kappa shape index (κ1) is 66.0. The molecule has 1 fully saturated rings. The van der Waals surface area contributed by atoms with Gasteiger partial charge in [-0.15, -0.1) is 0 Å². The Labute approximate surface area is 436 Å². The minimum Gasteiger partial charge on any atom is -0.462 e. The topological polar surface area (TPSA) is 306 Å². The van der Waals surface area contributed by atoms with E-state index in [4.69, 9.17) is 29.0 Å². The van der Waals surface area contributed by atoms with Crippen molar-refractivity contribution in [3.05, 3.63) is 108 Å². The number of unbranched alkanes of at least 4 members (excludes halogenated alkanes) is 7. The lowest BCUT2D eigenvalue weighted by Gasteiger charge is -2.21. The molecule has 1 aromatic rings. The number of aliphatic hydroxyl groups excluding tert-OH is 4. The van der Waals surface area contributed by atoms with Crippen molar-refractivity contribution in [1.29, 1.82) is 0 Å². The number of aromatic nitrogens is 2. The Bertz CT molecular complexity index is 2110. The molecular formula is C52H83N3O17P2. The molecule has 9 unspecified atom stereocenters. The number of hydrogen-bond donors (Lipinski definition) is 7. The summed E-state index contributed by atoms with van der Waals surface area (Å²) in [6.45, 7) is 1.75. The molecule has 1 saturated heterocycles. The zero-order chi connectivity index (χ0) is 54.5. The third kappa shape index (κ3) is 31.0. The summed E-state index contributed by atoms with van der Waals surface area (Å²) in [4.78, 5) is 61.9. The third-order valence-electron chi connectivity index (χ3n) is 11.2. The number of hydrogen-bond acceptors (Lipinski definition) is 17. The fourth-order valence-electron chi connectivity index (χ4n) is 7.07. The molecule has 0 radical (unpaired) electrons. The van der Waals surface area contributed by atoms with Crippen LogP contribution in [0.2, 0.25) is 0 Å². The molecule has 2 heterocycles. The maximum atomic E-state index is 12.9. The van der Waals surface area contributed by atoms with Crippen molar-refractivity contribution in [2.45, 2.75) is 185 Å².